The van der Waals surface area contributed by atoms with Gasteiger partial charge in [-0.15, -0.1) is 0 Å². The molecule has 0 aliphatic heterocycles. The highest BCUT2D eigenvalue weighted by atomic mass is 16.5. The van der Waals surface area contributed by atoms with E-state index in [1.165, 1.54) is 0 Å². The second kappa shape index (κ2) is 11.3. The molecule has 1 aromatic carbocycles. The molecule has 0 fully saturated rings. The first kappa shape index (κ1) is 25.1. The number of aldehydes is 1. The number of carbonyl (C=O) groups is 4. The minimum absolute atomic E-state index is 0.0292. The van der Waals surface area contributed by atoms with Crippen LogP contribution in [0.3, 0.4) is 0 Å². The number of alkyl carbamates (subject to hydrolysis) is 1. The maximum Gasteiger partial charge on any atom is 0.408 e. The van der Waals surface area contributed by atoms with Gasteiger partial charge in [0, 0.05) is 0 Å². The van der Waals surface area contributed by atoms with E-state index in [9.17, 15) is 24.3 Å². The Morgan fingerprint density at radius 3 is 2.17 bits per heavy atom. The highest BCUT2D eigenvalue weighted by molar-refractivity contribution is 5.92. The van der Waals surface area contributed by atoms with Gasteiger partial charge in [0.2, 0.25) is 5.91 Å². The Bertz CT molecular complexity index is 727. The first-order chi connectivity index (χ1) is 14.0. The molecule has 3 N–H and O–H groups in total. The number of carboxylic acid groups (broad SMARTS) is 1. The maximum absolute atomic E-state index is 12.9. The average molecular weight is 421 g/mol. The average Bonchev–Trinajstić information content (AvgIpc) is 2.64. The molecule has 166 valence electrons. The van der Waals surface area contributed by atoms with Gasteiger partial charge < -0.3 is 25.3 Å². The van der Waals surface area contributed by atoms with Crippen LogP contribution in [-0.4, -0.2) is 41.4 Å². The van der Waals surface area contributed by atoms with Crippen LogP contribution in [0.2, 0.25) is 0 Å². The van der Waals surface area contributed by atoms with Crippen LogP contribution in [0.4, 0.5) is 4.79 Å². The quantitative estimate of drug-likeness (QED) is 0.500. The largest absolute Gasteiger partial charge is 0.481 e. The van der Waals surface area contributed by atoms with Crippen LogP contribution in [0.15, 0.2) is 30.3 Å². The van der Waals surface area contributed by atoms with Crippen LogP contribution in [0, 0.1) is 17.3 Å². The van der Waals surface area contributed by atoms with E-state index in [-0.39, 0.29) is 12.5 Å². The third kappa shape index (κ3) is 8.23. The van der Waals surface area contributed by atoms with Gasteiger partial charge in [-0.2, -0.15) is 0 Å². The lowest BCUT2D eigenvalue weighted by atomic mass is 9.75. The van der Waals surface area contributed by atoms with E-state index in [2.05, 4.69) is 10.6 Å². The van der Waals surface area contributed by atoms with Gasteiger partial charge in [-0.1, -0.05) is 65.0 Å². The number of hydrogen-bond donors (Lipinski definition) is 3. The van der Waals surface area contributed by atoms with Crippen molar-refractivity contribution in [1.82, 2.24) is 10.6 Å². The Balaban J connectivity index is 3.01. The van der Waals surface area contributed by atoms with Gasteiger partial charge >= 0.3 is 12.1 Å². The van der Waals surface area contributed by atoms with E-state index in [1.807, 2.05) is 19.9 Å². The highest BCUT2D eigenvalue weighted by Crippen LogP contribution is 2.29. The molecule has 0 aromatic heterocycles. The Morgan fingerprint density at radius 2 is 1.70 bits per heavy atom. The molecule has 1 unspecified atom stereocenters. The summed E-state index contributed by atoms with van der Waals surface area (Å²) in [6.45, 7) is 8.75. The van der Waals surface area contributed by atoms with Crippen LogP contribution in [-0.2, 0) is 25.7 Å². The Hall–Kier alpha value is -2.90. The molecule has 0 bridgehead atoms. The number of amides is 2. The summed E-state index contributed by atoms with van der Waals surface area (Å²) in [4.78, 5) is 48.5. The summed E-state index contributed by atoms with van der Waals surface area (Å²) < 4.78 is 5.15. The number of aliphatic carboxylic acids is 1. The van der Waals surface area contributed by atoms with Crippen LogP contribution in [0.5, 0.6) is 0 Å². The second-order valence-electron chi connectivity index (χ2n) is 8.75. The fourth-order valence-electron chi connectivity index (χ4n) is 3.13. The molecule has 0 saturated carbocycles. The standard InChI is InChI=1S/C22H32N2O6/c1-14(2)11-16(12-25)23-19(26)18(17(20(27)28)22(3,4)5)24-21(29)30-13-15-9-7-6-8-10-15/h6-10,12,14,16-18H,11,13H2,1-5H3,(H,23,26)(H,24,29)(H,27,28)/t16-,17?,18-/m0/s1. The Kier molecular flexibility index (Phi) is 9.49. The molecular formula is C22H32N2O6. The van der Waals surface area contributed by atoms with Gasteiger partial charge in [-0.25, -0.2) is 4.79 Å². The van der Waals surface area contributed by atoms with Crippen LogP contribution >= 0.6 is 0 Å². The van der Waals surface area contributed by atoms with E-state index in [1.54, 1.807) is 45.0 Å². The predicted molar refractivity (Wildman–Crippen MR) is 112 cm³/mol. The van der Waals surface area contributed by atoms with E-state index >= 15 is 0 Å². The minimum Gasteiger partial charge on any atom is -0.481 e. The molecule has 8 nitrogen and oxygen atoms in total. The van der Waals surface area contributed by atoms with Crippen molar-refractivity contribution < 1.29 is 29.0 Å². The zero-order chi connectivity index (χ0) is 22.9. The molecule has 0 heterocycles. The molecular weight excluding hydrogens is 388 g/mol. The number of ether oxygens (including phenoxy) is 1. The van der Waals surface area contributed by atoms with Crippen LogP contribution < -0.4 is 10.6 Å². The Morgan fingerprint density at radius 1 is 1.10 bits per heavy atom. The van der Waals surface area contributed by atoms with Crippen molar-refractivity contribution in [3.8, 4) is 0 Å². The summed E-state index contributed by atoms with van der Waals surface area (Å²) >= 11 is 0. The number of carbonyl (C=O) groups excluding carboxylic acids is 3. The zero-order valence-electron chi connectivity index (χ0n) is 18.2. The van der Waals surface area contributed by atoms with Crippen LogP contribution in [0.1, 0.15) is 46.6 Å². The van der Waals surface area contributed by atoms with E-state index in [4.69, 9.17) is 4.74 Å². The summed E-state index contributed by atoms with van der Waals surface area (Å²) in [6.07, 6.45) is 0.0875. The SMILES string of the molecule is CC(C)C[C@@H](C=O)NC(=O)[C@@H](NC(=O)OCc1ccccc1)C(C(=O)O)C(C)(C)C. The first-order valence-corrected chi connectivity index (χ1v) is 9.91. The fraction of sp³-hybridized carbons (Fsp3) is 0.545. The normalized spacial score (nSPS) is 14.3. The van der Waals surface area contributed by atoms with Gasteiger partial charge in [0.05, 0.1) is 12.0 Å². The van der Waals surface area contributed by atoms with E-state index < -0.39 is 41.4 Å². The topological polar surface area (TPSA) is 122 Å². The fourth-order valence-corrected chi connectivity index (χ4v) is 3.13. The van der Waals surface area contributed by atoms with Crippen molar-refractivity contribution in [3.63, 3.8) is 0 Å². The number of nitrogens with one attached hydrogen (secondary N) is 2. The number of rotatable bonds is 10. The van der Waals surface area contributed by atoms with Crippen molar-refractivity contribution in [3.05, 3.63) is 35.9 Å². The van der Waals surface area contributed by atoms with Crippen molar-refractivity contribution >= 4 is 24.3 Å². The summed E-state index contributed by atoms with van der Waals surface area (Å²) in [5, 5.41) is 14.7. The summed E-state index contributed by atoms with van der Waals surface area (Å²) in [7, 11) is 0. The second-order valence-corrected chi connectivity index (χ2v) is 8.75. The van der Waals surface area contributed by atoms with E-state index in [0.717, 1.165) is 5.56 Å². The number of benzene rings is 1. The van der Waals surface area contributed by atoms with Crippen LogP contribution in [0.25, 0.3) is 0 Å². The molecule has 0 spiro atoms. The van der Waals surface area contributed by atoms with Crippen molar-refractivity contribution in [2.75, 3.05) is 0 Å². The lowest BCUT2D eigenvalue weighted by molar-refractivity contribution is -0.150. The van der Waals surface area contributed by atoms with Gasteiger partial charge in [-0.05, 0) is 23.3 Å². The molecule has 0 aliphatic carbocycles. The third-order valence-corrected chi connectivity index (χ3v) is 4.52. The van der Waals surface area contributed by atoms with Crippen molar-refractivity contribution in [2.24, 2.45) is 17.3 Å². The maximum atomic E-state index is 12.9. The molecule has 2 amide bonds. The van der Waals surface area contributed by atoms with Crippen molar-refractivity contribution in [1.29, 1.82) is 0 Å². The van der Waals surface area contributed by atoms with Gasteiger partial charge in [-0.3, -0.25) is 9.59 Å². The predicted octanol–water partition coefficient (Wildman–Crippen LogP) is 2.76. The molecule has 1 rings (SSSR count). The van der Waals surface area contributed by atoms with Gasteiger partial charge in [0.15, 0.2) is 0 Å². The van der Waals surface area contributed by atoms with E-state index in [0.29, 0.717) is 12.7 Å². The molecule has 30 heavy (non-hydrogen) atoms. The molecule has 1 aromatic rings. The first-order valence-electron chi connectivity index (χ1n) is 9.91. The summed E-state index contributed by atoms with van der Waals surface area (Å²) in [5.74, 6) is -3.09. The Labute approximate surface area is 177 Å². The zero-order valence-corrected chi connectivity index (χ0v) is 18.2. The molecule has 0 saturated heterocycles. The monoisotopic (exact) mass is 420 g/mol. The molecule has 8 heteroatoms. The lowest BCUT2D eigenvalue weighted by Crippen LogP contribution is -2.58. The van der Waals surface area contributed by atoms with Gasteiger partial charge in [0.25, 0.3) is 0 Å². The van der Waals surface area contributed by atoms with Gasteiger partial charge in [0.1, 0.15) is 18.9 Å². The number of carboxylic acids is 1. The highest BCUT2D eigenvalue weighted by Gasteiger charge is 2.43. The molecule has 3 atom stereocenters. The molecule has 0 aliphatic rings. The number of hydrogen-bond acceptors (Lipinski definition) is 5. The third-order valence-electron chi connectivity index (χ3n) is 4.52. The minimum atomic E-state index is -1.42. The molecule has 0 radical (unpaired) electrons. The summed E-state index contributed by atoms with van der Waals surface area (Å²) in [6, 6.07) is 6.76. The lowest BCUT2D eigenvalue weighted by Gasteiger charge is -2.33. The van der Waals surface area contributed by atoms with Crippen molar-refractivity contribution in [2.45, 2.75) is 59.7 Å². The summed E-state index contributed by atoms with van der Waals surface area (Å²) in [5.41, 5.74) is -0.104. The smallest absolute Gasteiger partial charge is 0.408 e.